The van der Waals surface area contributed by atoms with Gasteiger partial charge in [-0.1, -0.05) is 54.7 Å². The van der Waals surface area contributed by atoms with Crippen molar-refractivity contribution in [2.75, 3.05) is 0 Å². The Balaban J connectivity index is 0.000000335. The molecule has 0 atom stereocenters. The number of carbonyl (C=O) groups is 2. The van der Waals surface area contributed by atoms with Gasteiger partial charge < -0.3 is 9.84 Å². The Morgan fingerprint density at radius 2 is 1.27 bits per heavy atom. The van der Waals surface area contributed by atoms with E-state index in [1.807, 2.05) is 19.9 Å². The lowest BCUT2D eigenvalue weighted by Gasteiger charge is -2.06. The molecule has 0 aliphatic carbocycles. The van der Waals surface area contributed by atoms with Gasteiger partial charge in [0.25, 0.3) is 0 Å². The fourth-order valence-electron chi connectivity index (χ4n) is 2.37. The first-order valence-corrected chi connectivity index (χ1v) is 13.0. The van der Waals surface area contributed by atoms with E-state index in [1.165, 1.54) is 0 Å². The number of esters is 1. The number of halogens is 5. The first-order chi connectivity index (χ1) is 15.6. The third-order valence-electron chi connectivity index (χ3n) is 3.72. The van der Waals surface area contributed by atoms with Gasteiger partial charge in [0.15, 0.2) is 0 Å². The molecule has 0 heterocycles. The summed E-state index contributed by atoms with van der Waals surface area (Å²) in [6, 6.07) is 17.4. The van der Waals surface area contributed by atoms with Crippen LogP contribution in [-0.4, -0.2) is 17.0 Å². The summed E-state index contributed by atoms with van der Waals surface area (Å²) in [5.74, 6) is -0.743. The molecule has 3 rings (SSSR count). The minimum atomic E-state index is -0.838. The van der Waals surface area contributed by atoms with E-state index in [-0.39, 0.29) is 18.8 Å². The van der Waals surface area contributed by atoms with Crippen LogP contribution < -0.4 is 4.74 Å². The molecule has 0 fully saturated rings. The lowest BCUT2D eigenvalue weighted by atomic mass is 10.1. The lowest BCUT2D eigenvalue weighted by Crippen LogP contribution is -2.12. The third-order valence-corrected chi connectivity index (χ3v) is 6.53. The summed E-state index contributed by atoms with van der Waals surface area (Å²) in [6.07, 6.45) is 0.199. The van der Waals surface area contributed by atoms with Crippen LogP contribution >= 0.6 is 80.0 Å². The van der Waals surface area contributed by atoms with Gasteiger partial charge in [-0.25, -0.2) is 0 Å². The molecule has 0 amide bonds. The Kier molecular flexibility index (Phi) is 14.3. The van der Waals surface area contributed by atoms with E-state index in [9.17, 15) is 9.59 Å². The Hall–Kier alpha value is -1.07. The molecule has 3 aromatic carbocycles. The number of ether oxygens (including phenoxy) is 1. The zero-order valence-electron chi connectivity index (χ0n) is 17.7. The maximum Gasteiger partial charge on any atom is 0.315 e. The van der Waals surface area contributed by atoms with Crippen LogP contribution in [0.25, 0.3) is 0 Å². The van der Waals surface area contributed by atoms with Crippen LogP contribution in [0.1, 0.15) is 25.0 Å². The molecule has 0 unspecified atom stereocenters. The average Bonchev–Trinajstić information content (AvgIpc) is 2.75. The van der Waals surface area contributed by atoms with Gasteiger partial charge in [-0.15, -0.1) is 0 Å². The van der Waals surface area contributed by atoms with Gasteiger partial charge in [0.2, 0.25) is 0 Å². The Bertz CT molecular complexity index is 1090. The quantitative estimate of drug-likeness (QED) is 0.163. The molecular weight excluding hydrogens is 712 g/mol. The molecule has 9 heteroatoms. The molecule has 0 aromatic heterocycles. The second-order valence-corrected chi connectivity index (χ2v) is 9.78. The first-order valence-electron chi connectivity index (χ1n) is 9.70. The maximum atomic E-state index is 11.8. The lowest BCUT2D eigenvalue weighted by molar-refractivity contribution is -0.136. The molecule has 0 spiro atoms. The van der Waals surface area contributed by atoms with Crippen molar-refractivity contribution >= 4 is 91.9 Å². The smallest absolute Gasteiger partial charge is 0.315 e. The number of benzene rings is 3. The fourth-order valence-corrected chi connectivity index (χ4v) is 4.00. The number of carboxylic acid groups (broad SMARTS) is 1. The second-order valence-electron chi connectivity index (χ2n) is 6.15. The van der Waals surface area contributed by atoms with Crippen LogP contribution in [-0.2, 0) is 22.4 Å². The minimum absolute atomic E-state index is 0.0266. The fraction of sp³-hybridized carbons (Fsp3) is 0.167. The summed E-state index contributed by atoms with van der Waals surface area (Å²) in [7, 11) is 0. The van der Waals surface area contributed by atoms with E-state index >= 15 is 0 Å². The molecule has 4 nitrogen and oxygen atoms in total. The summed E-state index contributed by atoms with van der Waals surface area (Å²) in [5.41, 5.74) is 1.61. The molecule has 176 valence electrons. The van der Waals surface area contributed by atoms with E-state index in [4.69, 9.17) is 44.6 Å². The van der Waals surface area contributed by atoms with E-state index < -0.39 is 5.97 Å². The summed E-state index contributed by atoms with van der Waals surface area (Å²) >= 11 is 21.7. The van der Waals surface area contributed by atoms with Crippen LogP contribution in [0.3, 0.4) is 0 Å². The summed E-state index contributed by atoms with van der Waals surface area (Å²) < 4.78 is 7.13. The van der Waals surface area contributed by atoms with Crippen LogP contribution in [0, 0.1) is 7.14 Å². The first kappa shape index (κ1) is 30.0. The van der Waals surface area contributed by atoms with E-state index in [0.29, 0.717) is 20.8 Å². The van der Waals surface area contributed by atoms with Crippen molar-refractivity contribution in [2.24, 2.45) is 0 Å². The number of hydrogen-bond donors (Lipinski definition) is 1. The molecule has 1 N–H and O–H groups in total. The van der Waals surface area contributed by atoms with Crippen molar-refractivity contribution in [2.45, 2.75) is 26.7 Å². The van der Waals surface area contributed by atoms with Crippen LogP contribution in [0.5, 0.6) is 5.75 Å². The molecule has 3 aromatic rings. The number of hydrogen-bond acceptors (Lipinski definition) is 3. The highest BCUT2D eigenvalue weighted by molar-refractivity contribution is 14.1. The Morgan fingerprint density at radius 3 is 1.76 bits per heavy atom. The number of carboxylic acids is 1. The van der Waals surface area contributed by atoms with Gasteiger partial charge in [0.05, 0.1) is 12.8 Å². The summed E-state index contributed by atoms with van der Waals surface area (Å²) in [4.78, 5) is 22.2. The van der Waals surface area contributed by atoms with Gasteiger partial charge in [0.1, 0.15) is 5.75 Å². The highest BCUT2D eigenvalue weighted by atomic mass is 127. The molecule has 0 saturated heterocycles. The zero-order valence-corrected chi connectivity index (χ0v) is 24.3. The normalized spacial score (nSPS) is 9.67. The largest absolute Gasteiger partial charge is 0.481 e. The SMILES string of the molecule is CC.O=C(Cc1cc(Cl)ccc1I)Oc1cccc(Cl)c1.O=C(O)Cc1cc(Cl)ccc1I. The Labute approximate surface area is 235 Å². The maximum absolute atomic E-state index is 11.8. The molecule has 33 heavy (non-hydrogen) atoms. The van der Waals surface area contributed by atoms with Gasteiger partial charge in [-0.2, -0.15) is 0 Å². The highest BCUT2D eigenvalue weighted by Gasteiger charge is 2.10. The van der Waals surface area contributed by atoms with Gasteiger partial charge in [-0.05, 0) is 111 Å². The molecule has 0 saturated carbocycles. The van der Waals surface area contributed by atoms with Gasteiger partial charge >= 0.3 is 11.9 Å². The van der Waals surface area contributed by atoms with Crippen molar-refractivity contribution in [3.63, 3.8) is 0 Å². The topological polar surface area (TPSA) is 63.6 Å². The number of rotatable bonds is 5. The van der Waals surface area contributed by atoms with Gasteiger partial charge in [-0.3, -0.25) is 9.59 Å². The molecular formula is C24H21Cl3I2O4. The van der Waals surface area contributed by atoms with Crippen LogP contribution in [0.15, 0.2) is 60.7 Å². The monoisotopic (exact) mass is 732 g/mol. The average molecular weight is 734 g/mol. The van der Waals surface area contributed by atoms with E-state index in [0.717, 1.165) is 18.3 Å². The molecule has 0 bridgehead atoms. The van der Waals surface area contributed by atoms with Crippen molar-refractivity contribution in [3.05, 3.63) is 94.0 Å². The molecule has 0 aliphatic heterocycles. The van der Waals surface area contributed by atoms with E-state index in [2.05, 4.69) is 45.2 Å². The minimum Gasteiger partial charge on any atom is -0.481 e. The third kappa shape index (κ3) is 11.8. The standard InChI is InChI=1S/C14H9Cl2IO2.C8H6ClIO2.C2H6/c15-10-2-1-3-12(8-10)19-14(18)7-9-6-11(16)4-5-13(9)17;9-6-1-2-7(10)5(3-6)4-8(11)12;1-2/h1-6,8H,7H2;1-3H,4H2,(H,11,12);1-2H3. The van der Waals surface area contributed by atoms with Crippen LogP contribution in [0.2, 0.25) is 15.1 Å². The van der Waals surface area contributed by atoms with Crippen molar-refractivity contribution in [3.8, 4) is 5.75 Å². The van der Waals surface area contributed by atoms with Crippen molar-refractivity contribution in [1.82, 2.24) is 0 Å². The number of carbonyl (C=O) groups excluding carboxylic acids is 1. The second kappa shape index (κ2) is 15.8. The van der Waals surface area contributed by atoms with Crippen molar-refractivity contribution < 1.29 is 19.4 Å². The highest BCUT2D eigenvalue weighted by Crippen LogP contribution is 2.21. The Morgan fingerprint density at radius 1 is 0.788 bits per heavy atom. The predicted octanol–water partition coefficient (Wildman–Crippen LogP) is 8.34. The van der Waals surface area contributed by atoms with E-state index in [1.54, 1.807) is 54.6 Å². The van der Waals surface area contributed by atoms with Gasteiger partial charge in [0, 0.05) is 22.2 Å². The molecule has 0 aliphatic rings. The molecule has 0 radical (unpaired) electrons. The summed E-state index contributed by atoms with van der Waals surface area (Å²) in [6.45, 7) is 4.00. The van der Waals surface area contributed by atoms with Crippen molar-refractivity contribution in [1.29, 1.82) is 0 Å². The number of aliphatic carboxylic acids is 1. The van der Waals surface area contributed by atoms with Crippen LogP contribution in [0.4, 0.5) is 0 Å². The zero-order chi connectivity index (χ0) is 25.0. The summed E-state index contributed by atoms with van der Waals surface area (Å²) in [5, 5.41) is 10.2. The predicted molar refractivity (Wildman–Crippen MR) is 152 cm³/mol.